The zero-order valence-electron chi connectivity index (χ0n) is 17.0. The molecule has 4 rings (SSSR count). The number of hydrogen-bond donors (Lipinski definition) is 0. The molecule has 0 bridgehead atoms. The van der Waals surface area contributed by atoms with E-state index in [9.17, 15) is 13.2 Å². The lowest BCUT2D eigenvalue weighted by atomic mass is 10.1. The van der Waals surface area contributed by atoms with Gasteiger partial charge in [-0.25, -0.2) is 0 Å². The van der Waals surface area contributed by atoms with E-state index in [1.165, 1.54) is 43.5 Å². The molecule has 0 unspecified atom stereocenters. The van der Waals surface area contributed by atoms with Crippen molar-refractivity contribution in [2.75, 3.05) is 18.0 Å². The van der Waals surface area contributed by atoms with E-state index in [2.05, 4.69) is 16.0 Å². The zero-order valence-corrected chi connectivity index (χ0v) is 17.0. The van der Waals surface area contributed by atoms with Crippen LogP contribution >= 0.6 is 0 Å². The molecule has 3 nitrogen and oxygen atoms in total. The molecule has 3 aromatic rings. The second-order valence-electron chi connectivity index (χ2n) is 7.85. The van der Waals surface area contributed by atoms with Gasteiger partial charge in [-0.15, -0.1) is 0 Å². The number of hydrogen-bond acceptors (Lipinski definition) is 3. The van der Waals surface area contributed by atoms with Crippen LogP contribution in [0.3, 0.4) is 0 Å². The van der Waals surface area contributed by atoms with Crippen molar-refractivity contribution in [3.8, 4) is 5.75 Å². The first-order valence-electron chi connectivity index (χ1n) is 10.4. The first kappa shape index (κ1) is 20.5. The van der Waals surface area contributed by atoms with Crippen LogP contribution in [0.1, 0.15) is 42.5 Å². The maximum absolute atomic E-state index is 12.9. The van der Waals surface area contributed by atoms with E-state index in [-0.39, 0.29) is 12.4 Å². The third kappa shape index (κ3) is 4.69. The summed E-state index contributed by atoms with van der Waals surface area (Å²) in [6, 6.07) is 13.1. The van der Waals surface area contributed by atoms with E-state index in [4.69, 9.17) is 4.74 Å². The number of benzene rings is 2. The van der Waals surface area contributed by atoms with Crippen LogP contribution in [0.25, 0.3) is 10.9 Å². The van der Waals surface area contributed by atoms with E-state index in [1.54, 1.807) is 0 Å². The molecule has 0 aliphatic carbocycles. The van der Waals surface area contributed by atoms with Gasteiger partial charge in [-0.3, -0.25) is 4.98 Å². The number of aromatic nitrogens is 1. The highest BCUT2D eigenvalue weighted by molar-refractivity contribution is 5.92. The van der Waals surface area contributed by atoms with Crippen molar-refractivity contribution in [2.45, 2.75) is 45.4 Å². The lowest BCUT2D eigenvalue weighted by Crippen LogP contribution is -2.24. The molecule has 30 heavy (non-hydrogen) atoms. The van der Waals surface area contributed by atoms with Crippen molar-refractivity contribution >= 4 is 16.6 Å². The van der Waals surface area contributed by atoms with E-state index in [0.29, 0.717) is 0 Å². The smallest absolute Gasteiger partial charge is 0.416 e. The Morgan fingerprint density at radius 3 is 2.47 bits per heavy atom. The Labute approximate surface area is 174 Å². The predicted octanol–water partition coefficient (Wildman–Crippen LogP) is 6.52. The van der Waals surface area contributed by atoms with Crippen LogP contribution < -0.4 is 9.64 Å². The monoisotopic (exact) mass is 414 g/mol. The largest absolute Gasteiger partial charge is 0.489 e. The summed E-state index contributed by atoms with van der Waals surface area (Å²) in [4.78, 5) is 7.13. The third-order valence-corrected chi connectivity index (χ3v) is 5.49. The van der Waals surface area contributed by atoms with Gasteiger partial charge in [0.2, 0.25) is 0 Å². The van der Waals surface area contributed by atoms with Gasteiger partial charge in [0.1, 0.15) is 12.4 Å². The van der Waals surface area contributed by atoms with Crippen LogP contribution in [0, 0.1) is 6.92 Å². The van der Waals surface area contributed by atoms with Crippen LogP contribution in [0.2, 0.25) is 0 Å². The second-order valence-corrected chi connectivity index (χ2v) is 7.85. The number of anilines is 1. The highest BCUT2D eigenvalue weighted by Crippen LogP contribution is 2.32. The lowest BCUT2D eigenvalue weighted by Gasteiger charge is -2.24. The predicted molar refractivity (Wildman–Crippen MR) is 113 cm³/mol. The molecule has 1 fully saturated rings. The van der Waals surface area contributed by atoms with Crippen molar-refractivity contribution in [1.82, 2.24) is 4.98 Å². The summed E-state index contributed by atoms with van der Waals surface area (Å²) in [6.07, 6.45) is 0.566. The minimum Gasteiger partial charge on any atom is -0.489 e. The van der Waals surface area contributed by atoms with Crippen LogP contribution in [0.4, 0.5) is 18.9 Å². The SMILES string of the molecule is Cc1cc(N2CCCCCC2)c2ccc(COc3cccc(C(F)(F)F)c3)cc2n1. The van der Waals surface area contributed by atoms with Gasteiger partial charge in [0.05, 0.1) is 11.1 Å². The normalized spacial score (nSPS) is 15.3. The number of alkyl halides is 3. The molecule has 1 aliphatic rings. The first-order chi connectivity index (χ1) is 14.4. The summed E-state index contributed by atoms with van der Waals surface area (Å²) < 4.78 is 44.3. The third-order valence-electron chi connectivity index (χ3n) is 5.49. The van der Waals surface area contributed by atoms with E-state index in [1.807, 2.05) is 25.1 Å². The van der Waals surface area contributed by atoms with Gasteiger partial charge >= 0.3 is 6.18 Å². The van der Waals surface area contributed by atoms with Crippen LogP contribution in [-0.4, -0.2) is 18.1 Å². The molecule has 1 aromatic heterocycles. The van der Waals surface area contributed by atoms with Crippen molar-refractivity contribution in [3.05, 3.63) is 65.4 Å². The van der Waals surface area contributed by atoms with Crippen molar-refractivity contribution in [2.24, 2.45) is 0 Å². The summed E-state index contributed by atoms with van der Waals surface area (Å²) >= 11 is 0. The average Bonchev–Trinajstić information content (AvgIpc) is 3.00. The Morgan fingerprint density at radius 1 is 0.967 bits per heavy atom. The highest BCUT2D eigenvalue weighted by Gasteiger charge is 2.30. The van der Waals surface area contributed by atoms with E-state index in [0.717, 1.165) is 47.4 Å². The van der Waals surface area contributed by atoms with Gasteiger partial charge in [0.25, 0.3) is 0 Å². The molecule has 0 radical (unpaired) electrons. The second kappa shape index (κ2) is 8.54. The van der Waals surface area contributed by atoms with Gasteiger partial charge in [-0.1, -0.05) is 31.0 Å². The van der Waals surface area contributed by atoms with E-state index >= 15 is 0 Å². The number of fused-ring (bicyclic) bond motifs is 1. The Morgan fingerprint density at radius 2 is 1.73 bits per heavy atom. The number of pyridine rings is 1. The zero-order chi connectivity index (χ0) is 21.1. The fourth-order valence-corrected chi connectivity index (χ4v) is 3.98. The molecule has 0 atom stereocenters. The average molecular weight is 414 g/mol. The van der Waals surface area contributed by atoms with Crippen LogP contribution in [-0.2, 0) is 12.8 Å². The first-order valence-corrected chi connectivity index (χ1v) is 10.4. The Balaban J connectivity index is 1.56. The minimum absolute atomic E-state index is 0.186. The molecule has 2 heterocycles. The Hall–Kier alpha value is -2.76. The fraction of sp³-hybridized carbons (Fsp3) is 0.375. The van der Waals surface area contributed by atoms with Crippen molar-refractivity contribution in [3.63, 3.8) is 0 Å². The Kier molecular flexibility index (Phi) is 5.84. The number of aryl methyl sites for hydroxylation is 1. The van der Waals surface area contributed by atoms with Crippen molar-refractivity contribution < 1.29 is 17.9 Å². The lowest BCUT2D eigenvalue weighted by molar-refractivity contribution is -0.137. The van der Waals surface area contributed by atoms with Crippen LogP contribution in [0.15, 0.2) is 48.5 Å². The van der Waals surface area contributed by atoms with Crippen molar-refractivity contribution in [1.29, 1.82) is 0 Å². The Bertz CT molecular complexity index is 1020. The quantitative estimate of drug-likeness (QED) is 0.486. The number of rotatable bonds is 4. The van der Waals surface area contributed by atoms with Gasteiger partial charge in [-0.05, 0) is 55.7 Å². The molecule has 1 aliphatic heterocycles. The minimum atomic E-state index is -4.38. The molecule has 2 aromatic carbocycles. The summed E-state index contributed by atoms with van der Waals surface area (Å²) in [6.45, 7) is 4.29. The fourth-order valence-electron chi connectivity index (χ4n) is 3.98. The highest BCUT2D eigenvalue weighted by atomic mass is 19.4. The van der Waals surface area contributed by atoms with E-state index < -0.39 is 11.7 Å². The number of nitrogens with zero attached hydrogens (tertiary/aromatic N) is 2. The number of ether oxygens (including phenoxy) is 1. The maximum atomic E-state index is 12.9. The summed E-state index contributed by atoms with van der Waals surface area (Å²) in [5, 5.41) is 1.10. The molecule has 158 valence electrons. The maximum Gasteiger partial charge on any atom is 0.416 e. The van der Waals surface area contributed by atoms with Gasteiger partial charge in [-0.2, -0.15) is 13.2 Å². The molecule has 6 heteroatoms. The van der Waals surface area contributed by atoms with Gasteiger partial charge in [0, 0.05) is 29.9 Å². The summed E-state index contributed by atoms with van der Waals surface area (Å²) in [7, 11) is 0. The molecular formula is C24H25F3N2O. The standard InChI is InChI=1S/C24H25F3N2O/c1-17-13-23(29-11-4-2-3-5-12-29)21-10-9-18(14-22(21)28-17)16-30-20-8-6-7-19(15-20)24(25,26)27/h6-10,13-15H,2-5,11-12,16H2,1H3. The number of halogens is 3. The molecular weight excluding hydrogens is 389 g/mol. The molecule has 0 saturated carbocycles. The van der Waals surface area contributed by atoms with Crippen LogP contribution in [0.5, 0.6) is 5.75 Å². The van der Waals surface area contributed by atoms with Gasteiger partial charge in [0.15, 0.2) is 0 Å². The topological polar surface area (TPSA) is 25.4 Å². The molecule has 1 saturated heterocycles. The summed E-state index contributed by atoms with van der Waals surface area (Å²) in [5.74, 6) is 0.201. The molecule has 0 amide bonds. The molecule has 0 spiro atoms. The van der Waals surface area contributed by atoms with Gasteiger partial charge < -0.3 is 9.64 Å². The molecule has 0 N–H and O–H groups in total. The summed E-state index contributed by atoms with van der Waals surface area (Å²) in [5.41, 5.74) is 3.22.